The van der Waals surface area contributed by atoms with Crippen molar-refractivity contribution in [1.82, 2.24) is 10.2 Å². The molecule has 132 valence electrons. The van der Waals surface area contributed by atoms with Crippen molar-refractivity contribution in [1.29, 1.82) is 0 Å². The number of hydrogen-bond acceptors (Lipinski definition) is 4. The molecule has 1 amide bonds. The highest BCUT2D eigenvalue weighted by molar-refractivity contribution is 5.78. The summed E-state index contributed by atoms with van der Waals surface area (Å²) in [5, 5.41) is 3.68. The molecule has 5 nitrogen and oxygen atoms in total. The average Bonchev–Trinajstić information content (AvgIpc) is 2.81. The van der Waals surface area contributed by atoms with Crippen molar-refractivity contribution in [2.45, 2.75) is 50.6 Å². The Labute approximate surface area is 144 Å². The molecule has 0 radical (unpaired) electrons. The number of carbonyl (C=O) groups excluding carboxylic acids is 1. The highest BCUT2D eigenvalue weighted by Gasteiger charge is 2.43. The SMILES string of the molecule is COc1ccc(OCC(=O)N2CCC[C@]3(C)NCCCC[C@H]23)cc1. The van der Waals surface area contributed by atoms with Gasteiger partial charge in [-0.2, -0.15) is 0 Å². The standard InChI is InChI=1S/C19H28N2O3/c1-19-11-5-13-21(17(19)6-3-4-12-20-19)18(22)14-24-16-9-7-15(23-2)8-10-16/h7-10,17,20H,3-6,11-14H2,1-2H3/t17-,19-/m0/s1. The third-order valence-electron chi connectivity index (χ3n) is 5.38. The van der Waals surface area contributed by atoms with Crippen LogP contribution in [-0.4, -0.2) is 49.2 Å². The summed E-state index contributed by atoms with van der Waals surface area (Å²) in [4.78, 5) is 14.8. The van der Waals surface area contributed by atoms with Crippen LogP contribution in [0.5, 0.6) is 11.5 Å². The molecule has 2 fully saturated rings. The second kappa shape index (κ2) is 7.43. The van der Waals surface area contributed by atoms with Crippen LogP contribution in [0, 0.1) is 0 Å². The number of carbonyl (C=O) groups is 1. The molecule has 0 spiro atoms. The van der Waals surface area contributed by atoms with Crippen LogP contribution in [0.2, 0.25) is 0 Å². The van der Waals surface area contributed by atoms with Gasteiger partial charge in [-0.25, -0.2) is 0 Å². The monoisotopic (exact) mass is 332 g/mol. The first-order valence-electron chi connectivity index (χ1n) is 8.94. The Balaban J connectivity index is 1.62. The Bertz CT molecular complexity index is 560. The van der Waals surface area contributed by atoms with Crippen molar-refractivity contribution in [3.63, 3.8) is 0 Å². The molecule has 1 aromatic rings. The van der Waals surface area contributed by atoms with E-state index in [9.17, 15) is 4.79 Å². The predicted octanol–water partition coefficient (Wildman–Crippen LogP) is 2.60. The van der Waals surface area contributed by atoms with Crippen molar-refractivity contribution in [2.24, 2.45) is 0 Å². The lowest BCUT2D eigenvalue weighted by molar-refractivity contribution is -0.139. The fourth-order valence-electron chi connectivity index (χ4n) is 4.00. The fourth-order valence-corrected chi connectivity index (χ4v) is 4.00. The van der Waals surface area contributed by atoms with Crippen LogP contribution < -0.4 is 14.8 Å². The highest BCUT2D eigenvalue weighted by Crippen LogP contribution is 2.33. The van der Waals surface area contributed by atoms with E-state index in [-0.39, 0.29) is 24.1 Å². The third kappa shape index (κ3) is 3.66. The van der Waals surface area contributed by atoms with E-state index in [0.717, 1.165) is 38.1 Å². The minimum Gasteiger partial charge on any atom is -0.497 e. The number of nitrogens with zero attached hydrogens (tertiary/aromatic N) is 1. The molecule has 0 aromatic heterocycles. The Morgan fingerprint density at radius 1 is 1.25 bits per heavy atom. The number of methoxy groups -OCH3 is 1. The summed E-state index contributed by atoms with van der Waals surface area (Å²) >= 11 is 0. The van der Waals surface area contributed by atoms with Gasteiger partial charge in [-0.15, -0.1) is 0 Å². The zero-order valence-electron chi connectivity index (χ0n) is 14.7. The number of likely N-dealkylation sites (tertiary alicyclic amines) is 1. The summed E-state index contributed by atoms with van der Waals surface area (Å²) in [6.45, 7) is 4.26. The maximum Gasteiger partial charge on any atom is 0.260 e. The van der Waals surface area contributed by atoms with E-state index < -0.39 is 0 Å². The third-order valence-corrected chi connectivity index (χ3v) is 5.38. The minimum absolute atomic E-state index is 0.0462. The molecule has 2 heterocycles. The number of hydrogen-bond donors (Lipinski definition) is 1. The molecule has 2 saturated heterocycles. The Morgan fingerprint density at radius 2 is 2.00 bits per heavy atom. The van der Waals surface area contributed by atoms with Crippen LogP contribution in [0.1, 0.15) is 39.0 Å². The normalized spacial score (nSPS) is 27.1. The van der Waals surface area contributed by atoms with Crippen LogP contribution in [0.25, 0.3) is 0 Å². The molecule has 24 heavy (non-hydrogen) atoms. The molecular formula is C19H28N2O3. The molecule has 2 aliphatic heterocycles. The van der Waals surface area contributed by atoms with Crippen LogP contribution >= 0.6 is 0 Å². The van der Waals surface area contributed by atoms with E-state index in [0.29, 0.717) is 5.75 Å². The van der Waals surface area contributed by atoms with E-state index in [4.69, 9.17) is 9.47 Å². The van der Waals surface area contributed by atoms with Crippen molar-refractivity contribution < 1.29 is 14.3 Å². The zero-order valence-corrected chi connectivity index (χ0v) is 14.7. The first-order chi connectivity index (χ1) is 11.6. The first-order valence-corrected chi connectivity index (χ1v) is 8.94. The van der Waals surface area contributed by atoms with E-state index in [1.807, 2.05) is 29.2 Å². The number of ether oxygens (including phenoxy) is 2. The molecule has 3 rings (SSSR count). The Hall–Kier alpha value is -1.75. The van der Waals surface area contributed by atoms with Gasteiger partial charge in [-0.3, -0.25) is 4.79 Å². The number of rotatable bonds is 4. The molecule has 0 aliphatic carbocycles. The maximum atomic E-state index is 12.8. The van der Waals surface area contributed by atoms with E-state index in [1.54, 1.807) is 7.11 Å². The summed E-state index contributed by atoms with van der Waals surface area (Å²) in [6.07, 6.45) is 5.64. The summed E-state index contributed by atoms with van der Waals surface area (Å²) in [7, 11) is 1.63. The van der Waals surface area contributed by atoms with Crippen molar-refractivity contribution in [2.75, 3.05) is 26.8 Å². The number of benzene rings is 1. The van der Waals surface area contributed by atoms with Crippen molar-refractivity contribution in [3.8, 4) is 11.5 Å². The molecule has 5 heteroatoms. The van der Waals surface area contributed by atoms with Gasteiger partial charge in [0.05, 0.1) is 7.11 Å². The Kier molecular flexibility index (Phi) is 5.29. The maximum absolute atomic E-state index is 12.8. The van der Waals surface area contributed by atoms with Gasteiger partial charge in [-0.05, 0) is 63.4 Å². The smallest absolute Gasteiger partial charge is 0.260 e. The van der Waals surface area contributed by atoms with E-state index in [2.05, 4.69) is 12.2 Å². The fraction of sp³-hybridized carbons (Fsp3) is 0.632. The minimum atomic E-state index is 0.0462. The predicted molar refractivity (Wildman–Crippen MR) is 93.5 cm³/mol. The lowest BCUT2D eigenvalue weighted by Crippen LogP contribution is -2.63. The topological polar surface area (TPSA) is 50.8 Å². The molecule has 1 N–H and O–H groups in total. The number of piperidine rings is 1. The van der Waals surface area contributed by atoms with Crippen LogP contribution in [0.15, 0.2) is 24.3 Å². The van der Waals surface area contributed by atoms with Gasteiger partial charge < -0.3 is 19.7 Å². The Morgan fingerprint density at radius 3 is 2.75 bits per heavy atom. The lowest BCUT2D eigenvalue weighted by atomic mass is 9.81. The second-order valence-electron chi connectivity index (χ2n) is 7.01. The summed E-state index contributed by atoms with van der Waals surface area (Å²) < 4.78 is 10.8. The molecule has 0 unspecified atom stereocenters. The second-order valence-corrected chi connectivity index (χ2v) is 7.01. The number of amides is 1. The molecule has 2 atom stereocenters. The lowest BCUT2D eigenvalue weighted by Gasteiger charge is -2.48. The summed E-state index contributed by atoms with van der Waals surface area (Å²) in [5.74, 6) is 1.57. The quantitative estimate of drug-likeness (QED) is 0.921. The summed E-state index contributed by atoms with van der Waals surface area (Å²) in [5.41, 5.74) is 0.0462. The van der Waals surface area contributed by atoms with Gasteiger partial charge in [-0.1, -0.05) is 6.42 Å². The van der Waals surface area contributed by atoms with E-state index in [1.165, 1.54) is 12.8 Å². The van der Waals surface area contributed by atoms with Crippen molar-refractivity contribution >= 4 is 5.91 Å². The van der Waals surface area contributed by atoms with Crippen molar-refractivity contribution in [3.05, 3.63) is 24.3 Å². The van der Waals surface area contributed by atoms with Crippen LogP contribution in [-0.2, 0) is 4.79 Å². The largest absolute Gasteiger partial charge is 0.497 e. The zero-order chi connectivity index (χ0) is 17.0. The molecule has 1 aromatic carbocycles. The van der Waals surface area contributed by atoms with Crippen LogP contribution in [0.4, 0.5) is 0 Å². The van der Waals surface area contributed by atoms with Gasteiger partial charge in [0.25, 0.3) is 5.91 Å². The molecule has 0 saturated carbocycles. The molecular weight excluding hydrogens is 304 g/mol. The summed E-state index contributed by atoms with van der Waals surface area (Å²) in [6, 6.07) is 7.62. The number of fused-ring (bicyclic) bond motifs is 1. The molecule has 0 bridgehead atoms. The highest BCUT2D eigenvalue weighted by atomic mass is 16.5. The van der Waals surface area contributed by atoms with Gasteiger partial charge in [0, 0.05) is 18.1 Å². The van der Waals surface area contributed by atoms with Gasteiger partial charge >= 0.3 is 0 Å². The van der Waals surface area contributed by atoms with Gasteiger partial charge in [0.1, 0.15) is 11.5 Å². The number of nitrogens with one attached hydrogen (secondary N) is 1. The molecule has 2 aliphatic rings. The van der Waals surface area contributed by atoms with E-state index >= 15 is 0 Å². The van der Waals surface area contributed by atoms with Gasteiger partial charge in [0.2, 0.25) is 0 Å². The van der Waals surface area contributed by atoms with Gasteiger partial charge in [0.15, 0.2) is 6.61 Å². The first kappa shape index (κ1) is 17.1. The van der Waals surface area contributed by atoms with Crippen LogP contribution in [0.3, 0.4) is 0 Å². The average molecular weight is 332 g/mol.